The van der Waals surface area contributed by atoms with Crippen LogP contribution >= 0.6 is 0 Å². The first-order valence-electron chi connectivity index (χ1n) is 5.32. The fourth-order valence-corrected chi connectivity index (χ4v) is 1.48. The molecular weight excluding hydrogens is 229 g/mol. The molecule has 1 aromatic carbocycles. The number of hydrogen-bond donors (Lipinski definition) is 1. The minimum Gasteiger partial charge on any atom is -0.388 e. The van der Waals surface area contributed by atoms with Gasteiger partial charge < -0.3 is 5.11 Å². The van der Waals surface area contributed by atoms with Gasteiger partial charge in [-0.3, -0.25) is 0 Å². The Bertz CT molecular complexity index is 367. The average Bonchev–Trinajstić information content (AvgIpc) is 2.27. The number of benzene rings is 1. The van der Waals surface area contributed by atoms with Gasteiger partial charge in [0, 0.05) is 0 Å². The van der Waals surface area contributed by atoms with Gasteiger partial charge in [-0.25, -0.2) is 0 Å². The van der Waals surface area contributed by atoms with Gasteiger partial charge in [-0.05, 0) is 30.0 Å². The van der Waals surface area contributed by atoms with Crippen LogP contribution in [0.1, 0.15) is 30.6 Å². The molecule has 0 aliphatic rings. The van der Waals surface area contributed by atoms with E-state index in [1.54, 1.807) is 6.08 Å². The molecule has 0 aliphatic heterocycles. The number of aliphatic hydroxyl groups is 1. The predicted octanol–water partition coefficient (Wildman–Crippen LogP) is 3.95. The maximum absolute atomic E-state index is 12.3. The van der Waals surface area contributed by atoms with E-state index in [1.165, 1.54) is 12.1 Å². The van der Waals surface area contributed by atoms with Crippen LogP contribution in [0.5, 0.6) is 0 Å². The molecule has 0 saturated heterocycles. The van der Waals surface area contributed by atoms with E-state index in [0.717, 1.165) is 12.1 Å². The van der Waals surface area contributed by atoms with Crippen molar-refractivity contribution in [3.63, 3.8) is 0 Å². The van der Waals surface area contributed by atoms with Gasteiger partial charge in [-0.2, -0.15) is 13.2 Å². The van der Waals surface area contributed by atoms with Crippen LogP contribution in [-0.2, 0) is 6.18 Å². The molecule has 0 fully saturated rings. The van der Waals surface area contributed by atoms with Crippen LogP contribution in [0, 0.1) is 5.92 Å². The zero-order valence-electron chi connectivity index (χ0n) is 9.54. The molecule has 0 aliphatic carbocycles. The molecule has 94 valence electrons. The van der Waals surface area contributed by atoms with Crippen LogP contribution in [0.3, 0.4) is 0 Å². The van der Waals surface area contributed by atoms with E-state index >= 15 is 0 Å². The Morgan fingerprint density at radius 2 is 1.82 bits per heavy atom. The third kappa shape index (κ3) is 3.89. The fourth-order valence-electron chi connectivity index (χ4n) is 1.48. The minimum absolute atomic E-state index is 0.118. The summed E-state index contributed by atoms with van der Waals surface area (Å²) in [5.74, 6) is 0.118. The van der Waals surface area contributed by atoms with Crippen molar-refractivity contribution in [3.8, 4) is 0 Å². The molecule has 0 amide bonds. The molecule has 0 radical (unpaired) electrons. The Morgan fingerprint density at radius 3 is 2.24 bits per heavy atom. The molecule has 1 aromatic rings. The third-order valence-electron chi connectivity index (χ3n) is 2.62. The second kappa shape index (κ2) is 5.36. The Hall–Kier alpha value is -1.29. The maximum Gasteiger partial charge on any atom is 0.416 e. The van der Waals surface area contributed by atoms with Gasteiger partial charge in [0.1, 0.15) is 0 Å². The highest BCUT2D eigenvalue weighted by molar-refractivity contribution is 5.26. The summed E-state index contributed by atoms with van der Waals surface area (Å²) >= 11 is 0. The first-order valence-corrected chi connectivity index (χ1v) is 5.32. The van der Waals surface area contributed by atoms with E-state index in [1.807, 2.05) is 6.92 Å². The van der Waals surface area contributed by atoms with Crippen LogP contribution in [0.2, 0.25) is 0 Å². The minimum atomic E-state index is -4.34. The number of halogens is 3. The van der Waals surface area contributed by atoms with Crippen molar-refractivity contribution in [1.29, 1.82) is 0 Å². The van der Waals surface area contributed by atoms with Gasteiger partial charge in [0.2, 0.25) is 0 Å². The smallest absolute Gasteiger partial charge is 0.388 e. The zero-order chi connectivity index (χ0) is 13.1. The van der Waals surface area contributed by atoms with Crippen molar-refractivity contribution in [1.82, 2.24) is 0 Å². The summed E-state index contributed by atoms with van der Waals surface area (Å²) in [7, 11) is 0. The number of alkyl halides is 3. The van der Waals surface area contributed by atoms with Crippen molar-refractivity contribution >= 4 is 0 Å². The highest BCUT2D eigenvalue weighted by atomic mass is 19.4. The van der Waals surface area contributed by atoms with E-state index in [-0.39, 0.29) is 5.92 Å². The normalized spacial score (nSPS) is 15.4. The Morgan fingerprint density at radius 1 is 1.29 bits per heavy atom. The highest BCUT2D eigenvalue weighted by Gasteiger charge is 2.30. The summed E-state index contributed by atoms with van der Waals surface area (Å²) in [5, 5.41) is 9.79. The van der Waals surface area contributed by atoms with Crippen LogP contribution in [0.15, 0.2) is 36.9 Å². The van der Waals surface area contributed by atoms with Crippen molar-refractivity contribution in [2.75, 3.05) is 0 Å². The number of rotatable bonds is 4. The summed E-state index contributed by atoms with van der Waals surface area (Å²) in [5.41, 5.74) is -0.211. The van der Waals surface area contributed by atoms with Crippen molar-refractivity contribution in [2.24, 2.45) is 5.92 Å². The lowest BCUT2D eigenvalue weighted by Gasteiger charge is -2.14. The van der Waals surface area contributed by atoms with Crippen LogP contribution in [-0.4, -0.2) is 5.11 Å². The second-order valence-electron chi connectivity index (χ2n) is 4.08. The molecule has 0 aromatic heterocycles. The Labute approximate surface area is 98.6 Å². The number of aliphatic hydroxyl groups excluding tert-OH is 1. The topological polar surface area (TPSA) is 20.2 Å². The summed E-state index contributed by atoms with van der Waals surface area (Å²) in [6, 6.07) is 4.58. The van der Waals surface area contributed by atoms with Crippen LogP contribution in [0.25, 0.3) is 0 Å². The molecule has 2 atom stereocenters. The van der Waals surface area contributed by atoms with Crippen molar-refractivity contribution in [3.05, 3.63) is 48.0 Å². The molecule has 1 rings (SSSR count). The predicted molar refractivity (Wildman–Crippen MR) is 60.4 cm³/mol. The van der Waals surface area contributed by atoms with E-state index in [2.05, 4.69) is 6.58 Å². The summed E-state index contributed by atoms with van der Waals surface area (Å²) in [6.45, 7) is 5.48. The molecule has 1 N–H and O–H groups in total. The van der Waals surface area contributed by atoms with Crippen molar-refractivity contribution < 1.29 is 18.3 Å². The molecule has 0 unspecified atom stereocenters. The fraction of sp³-hybridized carbons (Fsp3) is 0.385. The van der Waals surface area contributed by atoms with Gasteiger partial charge in [0.25, 0.3) is 0 Å². The lowest BCUT2D eigenvalue weighted by Crippen LogP contribution is -2.06. The quantitative estimate of drug-likeness (QED) is 0.795. The van der Waals surface area contributed by atoms with Gasteiger partial charge >= 0.3 is 6.18 Å². The lowest BCUT2D eigenvalue weighted by atomic mass is 9.97. The molecule has 0 bridgehead atoms. The first-order chi connectivity index (χ1) is 7.84. The van der Waals surface area contributed by atoms with Gasteiger partial charge in [-0.1, -0.05) is 25.1 Å². The number of allylic oxidation sites excluding steroid dienone is 1. The van der Waals surface area contributed by atoms with Crippen LogP contribution in [0.4, 0.5) is 13.2 Å². The lowest BCUT2D eigenvalue weighted by molar-refractivity contribution is -0.137. The van der Waals surface area contributed by atoms with Crippen molar-refractivity contribution in [2.45, 2.75) is 25.6 Å². The summed E-state index contributed by atoms with van der Waals surface area (Å²) in [6.07, 6.45) is -2.94. The largest absolute Gasteiger partial charge is 0.416 e. The van der Waals surface area contributed by atoms with E-state index in [4.69, 9.17) is 0 Å². The van der Waals surface area contributed by atoms with Gasteiger partial charge in [-0.15, -0.1) is 6.58 Å². The van der Waals surface area contributed by atoms with Crippen LogP contribution < -0.4 is 0 Å². The van der Waals surface area contributed by atoms with E-state index in [0.29, 0.717) is 12.0 Å². The Balaban J connectivity index is 2.77. The summed E-state index contributed by atoms with van der Waals surface area (Å²) < 4.78 is 36.9. The van der Waals surface area contributed by atoms with E-state index in [9.17, 15) is 18.3 Å². The molecule has 0 saturated carbocycles. The summed E-state index contributed by atoms with van der Waals surface area (Å²) in [4.78, 5) is 0. The van der Waals surface area contributed by atoms with Gasteiger partial charge in [0.05, 0.1) is 11.7 Å². The SMILES string of the molecule is C=C[C@H](C)C[C@H](O)c1ccc(C(F)(F)F)cc1. The third-order valence-corrected chi connectivity index (χ3v) is 2.62. The van der Waals surface area contributed by atoms with E-state index < -0.39 is 17.8 Å². The second-order valence-corrected chi connectivity index (χ2v) is 4.08. The average molecular weight is 244 g/mol. The Kier molecular flexibility index (Phi) is 4.34. The van der Waals surface area contributed by atoms with Gasteiger partial charge in [0.15, 0.2) is 0 Å². The molecule has 0 heterocycles. The first kappa shape index (κ1) is 13.8. The molecule has 0 spiro atoms. The standard InChI is InChI=1S/C13H15F3O/c1-3-9(2)8-12(17)10-4-6-11(7-5-10)13(14,15)16/h3-7,9,12,17H,1,8H2,2H3/t9-,12-/m0/s1. The molecule has 17 heavy (non-hydrogen) atoms. The molecule has 4 heteroatoms. The molecule has 1 nitrogen and oxygen atoms in total. The number of hydrogen-bond acceptors (Lipinski definition) is 1. The zero-order valence-corrected chi connectivity index (χ0v) is 9.54. The molecular formula is C13H15F3O. The maximum atomic E-state index is 12.3. The monoisotopic (exact) mass is 244 g/mol. The highest BCUT2D eigenvalue weighted by Crippen LogP contribution is 2.30.